The number of hydrogen-bond donors (Lipinski definition) is 0. The molecule has 2 rings (SSSR count). The Bertz CT molecular complexity index is 448. The Morgan fingerprint density at radius 3 is 2.53 bits per heavy atom. The van der Waals surface area contributed by atoms with E-state index in [1.54, 1.807) is 12.4 Å². The van der Waals surface area contributed by atoms with Crippen molar-refractivity contribution in [2.45, 2.75) is 12.5 Å². The van der Waals surface area contributed by atoms with E-state index in [-0.39, 0.29) is 12.4 Å². The molecular weight excluding hydrogens is 257 g/mol. The highest BCUT2D eigenvalue weighted by atomic mass is 35.5. The lowest BCUT2D eigenvalue weighted by Gasteiger charge is -2.06. The van der Waals surface area contributed by atoms with Crippen LogP contribution < -0.4 is 4.74 Å². The highest BCUT2D eigenvalue weighted by Crippen LogP contribution is 2.14. The van der Waals surface area contributed by atoms with Crippen molar-refractivity contribution >= 4 is 24.0 Å². The number of benzene rings is 1. The minimum Gasteiger partial charge on any atom is -0.487 e. The molecule has 2 nitrogen and oxygen atoms in total. The second-order valence-electron chi connectivity index (χ2n) is 3.44. The first-order valence-electron chi connectivity index (χ1n) is 5.05. The molecule has 1 aromatic carbocycles. The number of halogens is 2. The zero-order valence-corrected chi connectivity index (χ0v) is 10.7. The molecule has 1 heterocycles. The van der Waals surface area contributed by atoms with Crippen LogP contribution in [0.1, 0.15) is 11.1 Å². The van der Waals surface area contributed by atoms with Gasteiger partial charge in [-0.05, 0) is 17.2 Å². The van der Waals surface area contributed by atoms with Crippen molar-refractivity contribution in [3.63, 3.8) is 0 Å². The normalized spacial score (nSPS) is 9.47. The molecule has 0 radical (unpaired) electrons. The summed E-state index contributed by atoms with van der Waals surface area (Å²) in [5, 5.41) is 0. The summed E-state index contributed by atoms with van der Waals surface area (Å²) >= 11 is 5.72. The molecule has 0 saturated carbocycles. The van der Waals surface area contributed by atoms with Gasteiger partial charge in [0.25, 0.3) is 0 Å². The number of pyridine rings is 1. The molecule has 0 unspecified atom stereocenters. The van der Waals surface area contributed by atoms with E-state index in [1.165, 1.54) is 0 Å². The van der Waals surface area contributed by atoms with E-state index in [2.05, 4.69) is 4.98 Å². The van der Waals surface area contributed by atoms with Crippen molar-refractivity contribution in [3.8, 4) is 5.75 Å². The molecule has 1 aromatic heterocycles. The standard InChI is InChI=1S/C13H12ClNO.ClH/c14-7-12-6-13(9-15-8-12)16-10-11-4-2-1-3-5-11;/h1-6,8-9H,7,10H2;1H. The fourth-order valence-corrected chi connectivity index (χ4v) is 1.50. The quantitative estimate of drug-likeness (QED) is 0.788. The van der Waals surface area contributed by atoms with Crippen molar-refractivity contribution in [2.24, 2.45) is 0 Å². The monoisotopic (exact) mass is 269 g/mol. The molecule has 0 saturated heterocycles. The van der Waals surface area contributed by atoms with Gasteiger partial charge in [0.05, 0.1) is 6.20 Å². The number of rotatable bonds is 4. The van der Waals surface area contributed by atoms with Crippen molar-refractivity contribution in [3.05, 3.63) is 59.9 Å². The van der Waals surface area contributed by atoms with Gasteiger partial charge in [0.2, 0.25) is 0 Å². The molecule has 0 atom stereocenters. The largest absolute Gasteiger partial charge is 0.487 e. The van der Waals surface area contributed by atoms with Gasteiger partial charge in [0.15, 0.2) is 0 Å². The van der Waals surface area contributed by atoms with E-state index < -0.39 is 0 Å². The minimum atomic E-state index is 0. The van der Waals surface area contributed by atoms with Crippen LogP contribution >= 0.6 is 24.0 Å². The summed E-state index contributed by atoms with van der Waals surface area (Å²) in [5.74, 6) is 1.21. The number of hydrogen-bond acceptors (Lipinski definition) is 2. The van der Waals surface area contributed by atoms with Crippen molar-refractivity contribution in [2.75, 3.05) is 0 Å². The van der Waals surface area contributed by atoms with Crippen LogP contribution in [-0.4, -0.2) is 4.98 Å². The maximum absolute atomic E-state index is 5.72. The van der Waals surface area contributed by atoms with Gasteiger partial charge >= 0.3 is 0 Å². The summed E-state index contributed by atoms with van der Waals surface area (Å²) in [6.07, 6.45) is 3.43. The van der Waals surface area contributed by atoms with Crippen LogP contribution in [0.5, 0.6) is 5.75 Å². The summed E-state index contributed by atoms with van der Waals surface area (Å²) in [5.41, 5.74) is 2.10. The van der Waals surface area contributed by atoms with E-state index in [4.69, 9.17) is 16.3 Å². The molecule has 0 bridgehead atoms. The first kappa shape index (κ1) is 13.8. The third-order valence-electron chi connectivity index (χ3n) is 2.17. The molecule has 0 fully saturated rings. The lowest BCUT2D eigenvalue weighted by Crippen LogP contribution is -1.96. The lowest BCUT2D eigenvalue weighted by molar-refractivity contribution is 0.304. The topological polar surface area (TPSA) is 22.1 Å². The first-order chi connectivity index (χ1) is 7.88. The zero-order chi connectivity index (χ0) is 11.2. The number of nitrogens with zero attached hydrogens (tertiary/aromatic N) is 1. The number of ether oxygens (including phenoxy) is 1. The Morgan fingerprint density at radius 2 is 1.82 bits per heavy atom. The predicted molar refractivity (Wildman–Crippen MR) is 71.8 cm³/mol. The van der Waals surface area contributed by atoms with Gasteiger partial charge < -0.3 is 4.74 Å². The summed E-state index contributed by atoms with van der Waals surface area (Å²) < 4.78 is 5.61. The van der Waals surface area contributed by atoms with Gasteiger partial charge in [-0.3, -0.25) is 4.98 Å². The average Bonchev–Trinajstić information content (AvgIpc) is 2.38. The summed E-state index contributed by atoms with van der Waals surface area (Å²) in [4.78, 5) is 4.06. The molecule has 2 aromatic rings. The summed E-state index contributed by atoms with van der Waals surface area (Å²) in [6, 6.07) is 11.9. The lowest BCUT2D eigenvalue weighted by atomic mass is 10.2. The maximum atomic E-state index is 5.72. The van der Waals surface area contributed by atoms with Crippen LogP contribution in [0, 0.1) is 0 Å². The Morgan fingerprint density at radius 1 is 1.06 bits per heavy atom. The van der Waals surface area contributed by atoms with Crippen molar-refractivity contribution < 1.29 is 4.74 Å². The van der Waals surface area contributed by atoms with Gasteiger partial charge in [0, 0.05) is 12.1 Å². The molecule has 0 N–H and O–H groups in total. The smallest absolute Gasteiger partial charge is 0.138 e. The highest BCUT2D eigenvalue weighted by molar-refractivity contribution is 6.17. The molecule has 90 valence electrons. The second kappa shape index (κ2) is 7.15. The maximum Gasteiger partial charge on any atom is 0.138 e. The van der Waals surface area contributed by atoms with E-state index >= 15 is 0 Å². The molecule has 0 aliphatic carbocycles. The van der Waals surface area contributed by atoms with E-state index in [9.17, 15) is 0 Å². The van der Waals surface area contributed by atoms with Crippen LogP contribution in [0.25, 0.3) is 0 Å². The van der Waals surface area contributed by atoms with E-state index in [0.717, 1.165) is 16.9 Å². The predicted octanol–water partition coefficient (Wildman–Crippen LogP) is 3.82. The molecule has 0 spiro atoms. The molecular formula is C13H13Cl2NO. The van der Waals surface area contributed by atoms with Gasteiger partial charge in [-0.15, -0.1) is 24.0 Å². The first-order valence-corrected chi connectivity index (χ1v) is 5.58. The van der Waals surface area contributed by atoms with Gasteiger partial charge in [0.1, 0.15) is 12.4 Å². The fourth-order valence-electron chi connectivity index (χ4n) is 1.36. The van der Waals surface area contributed by atoms with Gasteiger partial charge in [-0.25, -0.2) is 0 Å². The fraction of sp³-hybridized carbons (Fsp3) is 0.154. The average molecular weight is 270 g/mol. The highest BCUT2D eigenvalue weighted by Gasteiger charge is 1.97. The van der Waals surface area contributed by atoms with E-state index in [1.807, 2.05) is 36.4 Å². The third kappa shape index (κ3) is 4.25. The second-order valence-corrected chi connectivity index (χ2v) is 3.70. The summed E-state index contributed by atoms with van der Waals surface area (Å²) in [7, 11) is 0. The third-order valence-corrected chi connectivity index (χ3v) is 2.48. The minimum absolute atomic E-state index is 0. The van der Waals surface area contributed by atoms with Gasteiger partial charge in [-0.2, -0.15) is 0 Å². The Balaban J connectivity index is 0.00000144. The van der Waals surface area contributed by atoms with Crippen LogP contribution in [0.4, 0.5) is 0 Å². The Hall–Kier alpha value is -1.25. The SMILES string of the molecule is Cl.ClCc1cncc(OCc2ccccc2)c1. The molecule has 17 heavy (non-hydrogen) atoms. The number of alkyl halides is 1. The zero-order valence-electron chi connectivity index (χ0n) is 9.17. The van der Waals surface area contributed by atoms with E-state index in [0.29, 0.717) is 12.5 Å². The Labute approximate surface area is 112 Å². The van der Waals surface area contributed by atoms with Crippen molar-refractivity contribution in [1.29, 1.82) is 0 Å². The van der Waals surface area contributed by atoms with Crippen LogP contribution in [0.3, 0.4) is 0 Å². The molecule has 0 amide bonds. The van der Waals surface area contributed by atoms with Crippen LogP contribution in [-0.2, 0) is 12.5 Å². The van der Waals surface area contributed by atoms with Crippen LogP contribution in [0.2, 0.25) is 0 Å². The number of aromatic nitrogens is 1. The molecule has 0 aliphatic rings. The molecule has 4 heteroatoms. The Kier molecular flexibility index (Phi) is 5.81. The summed E-state index contributed by atoms with van der Waals surface area (Å²) in [6.45, 7) is 0.550. The van der Waals surface area contributed by atoms with Gasteiger partial charge in [-0.1, -0.05) is 30.3 Å². The van der Waals surface area contributed by atoms with Crippen LogP contribution in [0.15, 0.2) is 48.8 Å². The molecule has 0 aliphatic heterocycles. The van der Waals surface area contributed by atoms with Crippen molar-refractivity contribution in [1.82, 2.24) is 4.98 Å².